The molecule has 0 saturated carbocycles. The number of thiocarbonyl (C=S) groups is 1. The Balaban J connectivity index is 2.11. The van der Waals surface area contributed by atoms with Crippen LogP contribution in [0.5, 0.6) is 0 Å². The van der Waals surface area contributed by atoms with E-state index in [1.54, 1.807) is 7.05 Å². The van der Waals surface area contributed by atoms with E-state index in [-0.39, 0.29) is 11.9 Å². The third-order valence-electron chi connectivity index (χ3n) is 4.29. The zero-order valence-corrected chi connectivity index (χ0v) is 15.4. The molecule has 1 unspecified atom stereocenters. The summed E-state index contributed by atoms with van der Waals surface area (Å²) in [4.78, 5) is 18.7. The SMILES string of the molecule is C/C=C(\C=N/C)C1CCCCN1C(=S)NC(=O)c1ccc(C)cc1. The largest absolute Gasteiger partial charge is 0.342 e. The number of benzene rings is 1. The molecule has 24 heavy (non-hydrogen) atoms. The maximum absolute atomic E-state index is 12.4. The molecule has 128 valence electrons. The van der Waals surface area contributed by atoms with E-state index in [2.05, 4.69) is 21.3 Å². The number of nitrogens with one attached hydrogen (secondary N) is 1. The summed E-state index contributed by atoms with van der Waals surface area (Å²) in [5.41, 5.74) is 2.89. The Morgan fingerprint density at radius 1 is 1.33 bits per heavy atom. The van der Waals surface area contributed by atoms with E-state index < -0.39 is 0 Å². The van der Waals surface area contributed by atoms with E-state index >= 15 is 0 Å². The molecule has 1 aliphatic heterocycles. The van der Waals surface area contributed by atoms with Crippen molar-refractivity contribution in [2.75, 3.05) is 13.6 Å². The lowest BCUT2D eigenvalue weighted by atomic mass is 9.96. The Hall–Kier alpha value is -2.01. The maximum Gasteiger partial charge on any atom is 0.257 e. The van der Waals surface area contributed by atoms with Crippen molar-refractivity contribution in [1.82, 2.24) is 10.2 Å². The molecule has 1 aromatic rings. The van der Waals surface area contributed by atoms with Gasteiger partial charge in [-0.3, -0.25) is 15.1 Å². The van der Waals surface area contributed by atoms with Crippen LogP contribution in [0.25, 0.3) is 0 Å². The van der Waals surface area contributed by atoms with E-state index in [1.807, 2.05) is 44.3 Å². The van der Waals surface area contributed by atoms with Crippen molar-refractivity contribution in [3.8, 4) is 0 Å². The second-order valence-corrected chi connectivity index (χ2v) is 6.39. The summed E-state index contributed by atoms with van der Waals surface area (Å²) >= 11 is 5.53. The van der Waals surface area contributed by atoms with Gasteiger partial charge in [0, 0.05) is 25.4 Å². The molecule has 1 aliphatic rings. The average Bonchev–Trinajstić information content (AvgIpc) is 2.60. The molecule has 1 heterocycles. The van der Waals surface area contributed by atoms with Crippen LogP contribution in [0.1, 0.15) is 42.1 Å². The van der Waals surface area contributed by atoms with Crippen molar-refractivity contribution in [3.63, 3.8) is 0 Å². The van der Waals surface area contributed by atoms with Crippen LogP contribution in [-0.4, -0.2) is 41.8 Å². The van der Waals surface area contributed by atoms with Gasteiger partial charge >= 0.3 is 0 Å². The second kappa shape index (κ2) is 8.73. The van der Waals surface area contributed by atoms with Gasteiger partial charge in [0.1, 0.15) is 0 Å². The topological polar surface area (TPSA) is 44.7 Å². The van der Waals surface area contributed by atoms with Crippen LogP contribution in [0.3, 0.4) is 0 Å². The molecule has 5 heteroatoms. The fourth-order valence-electron chi connectivity index (χ4n) is 2.97. The van der Waals surface area contributed by atoms with Crippen LogP contribution >= 0.6 is 12.2 Å². The first kappa shape index (κ1) is 18.3. The zero-order chi connectivity index (χ0) is 17.5. The van der Waals surface area contributed by atoms with Crippen LogP contribution in [0, 0.1) is 6.92 Å². The van der Waals surface area contributed by atoms with Gasteiger partial charge < -0.3 is 4.90 Å². The van der Waals surface area contributed by atoms with E-state index in [4.69, 9.17) is 12.2 Å². The number of nitrogens with zero attached hydrogens (tertiary/aromatic N) is 2. The molecule has 1 N–H and O–H groups in total. The molecule has 0 spiro atoms. The average molecular weight is 343 g/mol. The molecule has 0 aromatic heterocycles. The molecule has 2 rings (SSSR count). The number of likely N-dealkylation sites (tertiary alicyclic amines) is 1. The zero-order valence-electron chi connectivity index (χ0n) is 14.6. The Labute approximate surface area is 149 Å². The molecule has 1 aromatic carbocycles. The van der Waals surface area contributed by atoms with Crippen molar-refractivity contribution >= 4 is 29.5 Å². The van der Waals surface area contributed by atoms with Gasteiger partial charge in [-0.05, 0) is 63.0 Å². The number of aryl methyl sites for hydroxylation is 1. The summed E-state index contributed by atoms with van der Waals surface area (Å²) in [5.74, 6) is -0.157. The standard InChI is InChI=1S/C19H25N3OS/c1-4-15(13-20-3)17-7-5-6-12-22(17)19(24)21-18(23)16-10-8-14(2)9-11-16/h4,8-11,13,17H,5-7,12H2,1-3H3,(H,21,23,24)/b15-4+,20-13-. The summed E-state index contributed by atoms with van der Waals surface area (Å²) < 4.78 is 0. The van der Waals surface area contributed by atoms with Gasteiger partial charge in [0.15, 0.2) is 5.11 Å². The molecular weight excluding hydrogens is 318 g/mol. The fourth-order valence-corrected chi connectivity index (χ4v) is 3.28. The first-order valence-corrected chi connectivity index (χ1v) is 8.74. The smallest absolute Gasteiger partial charge is 0.257 e. The summed E-state index contributed by atoms with van der Waals surface area (Å²) in [6, 6.07) is 7.68. The summed E-state index contributed by atoms with van der Waals surface area (Å²) in [6.07, 6.45) is 7.21. The minimum Gasteiger partial charge on any atom is -0.342 e. The third-order valence-corrected chi connectivity index (χ3v) is 4.63. The third kappa shape index (κ3) is 4.51. The highest BCUT2D eigenvalue weighted by atomic mass is 32.1. The summed E-state index contributed by atoms with van der Waals surface area (Å²) in [7, 11) is 1.77. The van der Waals surface area contributed by atoms with E-state index in [0.717, 1.165) is 36.9 Å². The monoisotopic (exact) mass is 343 g/mol. The predicted molar refractivity (Wildman–Crippen MR) is 104 cm³/mol. The molecular formula is C19H25N3OS. The molecule has 1 fully saturated rings. The number of carbonyl (C=O) groups is 1. The molecule has 4 nitrogen and oxygen atoms in total. The van der Waals surface area contributed by atoms with Gasteiger partial charge in [0.05, 0.1) is 6.04 Å². The lowest BCUT2D eigenvalue weighted by molar-refractivity contribution is 0.0971. The van der Waals surface area contributed by atoms with Crippen molar-refractivity contribution < 1.29 is 4.79 Å². The molecule has 1 atom stereocenters. The molecule has 1 amide bonds. The Kier molecular flexibility index (Phi) is 6.67. The highest BCUT2D eigenvalue weighted by Crippen LogP contribution is 2.22. The van der Waals surface area contributed by atoms with Crippen LogP contribution < -0.4 is 5.32 Å². The van der Waals surface area contributed by atoms with Crippen molar-refractivity contribution in [3.05, 3.63) is 47.0 Å². The number of carbonyl (C=O) groups excluding carboxylic acids is 1. The number of amides is 1. The molecule has 0 bridgehead atoms. The highest BCUT2D eigenvalue weighted by Gasteiger charge is 2.27. The Morgan fingerprint density at radius 2 is 2.04 bits per heavy atom. The van der Waals surface area contributed by atoms with Gasteiger partial charge in [-0.15, -0.1) is 0 Å². The summed E-state index contributed by atoms with van der Waals surface area (Å²) in [6.45, 7) is 4.86. The van der Waals surface area contributed by atoms with Crippen LogP contribution in [0.4, 0.5) is 0 Å². The number of hydrogen-bond donors (Lipinski definition) is 1. The molecule has 1 saturated heterocycles. The van der Waals surface area contributed by atoms with Crippen LogP contribution in [0.2, 0.25) is 0 Å². The fraction of sp³-hybridized carbons (Fsp3) is 0.421. The van der Waals surface area contributed by atoms with Crippen molar-refractivity contribution in [1.29, 1.82) is 0 Å². The highest BCUT2D eigenvalue weighted by molar-refractivity contribution is 7.80. The number of rotatable bonds is 3. The Bertz CT molecular complexity index is 649. The van der Waals surface area contributed by atoms with Gasteiger partial charge in [-0.2, -0.15) is 0 Å². The normalized spacial score (nSPS) is 18.7. The lowest BCUT2D eigenvalue weighted by Gasteiger charge is -2.38. The van der Waals surface area contributed by atoms with Crippen LogP contribution in [-0.2, 0) is 0 Å². The van der Waals surface area contributed by atoms with Crippen molar-refractivity contribution in [2.24, 2.45) is 4.99 Å². The number of piperidine rings is 1. The van der Waals surface area contributed by atoms with E-state index in [9.17, 15) is 4.79 Å². The first-order chi connectivity index (χ1) is 11.6. The summed E-state index contributed by atoms with van der Waals surface area (Å²) in [5, 5.41) is 3.38. The maximum atomic E-state index is 12.4. The van der Waals surface area contributed by atoms with E-state index in [1.165, 1.54) is 0 Å². The number of hydrogen-bond acceptors (Lipinski definition) is 3. The quantitative estimate of drug-likeness (QED) is 0.675. The van der Waals surface area contributed by atoms with E-state index in [0.29, 0.717) is 10.7 Å². The van der Waals surface area contributed by atoms with Gasteiger partial charge in [0.25, 0.3) is 5.91 Å². The van der Waals surface area contributed by atoms with Crippen molar-refractivity contribution in [2.45, 2.75) is 39.2 Å². The molecule has 0 aliphatic carbocycles. The lowest BCUT2D eigenvalue weighted by Crippen LogP contribution is -2.50. The Morgan fingerprint density at radius 3 is 2.67 bits per heavy atom. The predicted octanol–water partition coefficient (Wildman–Crippen LogP) is 3.51. The first-order valence-electron chi connectivity index (χ1n) is 8.33. The minimum absolute atomic E-state index is 0.157. The second-order valence-electron chi connectivity index (χ2n) is 6.01. The number of aliphatic imine (C=N–C) groups is 1. The minimum atomic E-state index is -0.157. The molecule has 0 radical (unpaired) electrons. The number of allylic oxidation sites excluding steroid dienone is 1. The van der Waals surface area contributed by atoms with Crippen LogP contribution in [0.15, 0.2) is 40.9 Å². The van der Waals surface area contributed by atoms with Gasteiger partial charge in [-0.25, -0.2) is 0 Å². The van der Waals surface area contributed by atoms with Gasteiger partial charge in [0.2, 0.25) is 0 Å². The van der Waals surface area contributed by atoms with Gasteiger partial charge in [-0.1, -0.05) is 23.8 Å².